The lowest BCUT2D eigenvalue weighted by Crippen LogP contribution is -2.31. The van der Waals surface area contributed by atoms with Crippen molar-refractivity contribution in [1.29, 1.82) is 0 Å². The van der Waals surface area contributed by atoms with Crippen molar-refractivity contribution < 1.29 is 39.5 Å². The summed E-state index contributed by atoms with van der Waals surface area (Å²) in [6.45, 7) is -0.0336. The van der Waals surface area contributed by atoms with E-state index in [1.165, 1.54) is 0 Å². The van der Waals surface area contributed by atoms with E-state index in [1.807, 2.05) is 0 Å². The van der Waals surface area contributed by atoms with Crippen LogP contribution < -0.4 is 0 Å². The van der Waals surface area contributed by atoms with Gasteiger partial charge in [0, 0.05) is 6.42 Å². The molecule has 0 aromatic carbocycles. The van der Waals surface area contributed by atoms with E-state index < -0.39 is 36.3 Å². The minimum atomic E-state index is -1.42. The zero-order valence-electron chi connectivity index (χ0n) is 10.8. The van der Waals surface area contributed by atoms with Crippen LogP contribution in [0, 0.1) is 0 Å². The van der Waals surface area contributed by atoms with Crippen LogP contribution in [0.15, 0.2) is 11.5 Å². The second-order valence-corrected chi connectivity index (χ2v) is 4.34. The molecule has 2 aliphatic rings. The van der Waals surface area contributed by atoms with Crippen molar-refractivity contribution in [2.45, 2.75) is 37.9 Å². The van der Waals surface area contributed by atoms with Crippen LogP contribution in [-0.2, 0) is 19.1 Å². The van der Waals surface area contributed by atoms with Gasteiger partial charge < -0.3 is 29.9 Å². The van der Waals surface area contributed by atoms with E-state index in [9.17, 15) is 9.59 Å². The predicted molar refractivity (Wildman–Crippen MR) is 64.7 cm³/mol. The molecule has 4 N–H and O–H groups in total. The number of ether oxygens (including phenoxy) is 2. The van der Waals surface area contributed by atoms with Crippen LogP contribution >= 0.6 is 0 Å². The third-order valence-corrected chi connectivity index (χ3v) is 2.76. The number of carbonyl (C=O) groups excluding carboxylic acids is 2. The van der Waals surface area contributed by atoms with E-state index in [2.05, 4.69) is 4.74 Å². The van der Waals surface area contributed by atoms with E-state index >= 15 is 0 Å². The Balaban J connectivity index is 0.000000217. The van der Waals surface area contributed by atoms with Crippen molar-refractivity contribution in [2.75, 3.05) is 13.2 Å². The number of rotatable bonds is 2. The summed E-state index contributed by atoms with van der Waals surface area (Å²) in [6, 6.07) is 0. The van der Waals surface area contributed by atoms with Gasteiger partial charge in [-0.2, -0.15) is 0 Å². The topological polar surface area (TPSA) is 134 Å². The van der Waals surface area contributed by atoms with Crippen LogP contribution in [0.2, 0.25) is 0 Å². The van der Waals surface area contributed by atoms with Gasteiger partial charge in [-0.25, -0.2) is 4.79 Å². The van der Waals surface area contributed by atoms with Gasteiger partial charge in [0.25, 0.3) is 0 Å². The maximum absolute atomic E-state index is 10.5. The molecule has 0 bridgehead atoms. The molecule has 2 atom stereocenters. The second-order valence-electron chi connectivity index (χ2n) is 4.34. The van der Waals surface area contributed by atoms with E-state index in [0.717, 1.165) is 19.3 Å². The summed E-state index contributed by atoms with van der Waals surface area (Å²) in [5.74, 6) is -2.80. The first-order chi connectivity index (χ1) is 9.47. The summed E-state index contributed by atoms with van der Waals surface area (Å²) in [5, 5.41) is 35.0. The number of hydrogen-bond donors (Lipinski definition) is 4. The molecule has 0 aromatic rings. The van der Waals surface area contributed by atoms with Gasteiger partial charge in [-0.05, 0) is 19.3 Å². The first-order valence-corrected chi connectivity index (χ1v) is 6.25. The minimum absolute atomic E-state index is 0.0255. The molecule has 2 aliphatic heterocycles. The fourth-order valence-electron chi connectivity index (χ4n) is 1.63. The van der Waals surface area contributed by atoms with Gasteiger partial charge in [-0.3, -0.25) is 4.79 Å². The molecule has 1 saturated heterocycles. The maximum Gasteiger partial charge on any atom is 0.377 e. The van der Waals surface area contributed by atoms with Crippen LogP contribution in [0.5, 0.6) is 0 Å². The summed E-state index contributed by atoms with van der Waals surface area (Å²) in [6.07, 6.45) is 1.05. The highest BCUT2D eigenvalue weighted by molar-refractivity contribution is 5.89. The third-order valence-electron chi connectivity index (χ3n) is 2.76. The molecule has 114 valence electrons. The lowest BCUT2D eigenvalue weighted by Gasteiger charge is -2.13. The zero-order valence-corrected chi connectivity index (χ0v) is 10.8. The van der Waals surface area contributed by atoms with Gasteiger partial charge in [0.15, 0.2) is 11.9 Å². The number of aliphatic hydroxyl groups is 4. The molecule has 8 heteroatoms. The fourth-order valence-corrected chi connectivity index (χ4v) is 1.63. The zero-order chi connectivity index (χ0) is 15.1. The van der Waals surface area contributed by atoms with E-state index in [1.54, 1.807) is 0 Å². The molecule has 1 fully saturated rings. The molecule has 8 nitrogen and oxygen atoms in total. The van der Waals surface area contributed by atoms with Crippen molar-refractivity contribution in [1.82, 2.24) is 0 Å². The number of esters is 2. The molecule has 20 heavy (non-hydrogen) atoms. The van der Waals surface area contributed by atoms with Gasteiger partial charge in [-0.1, -0.05) is 0 Å². The molecule has 0 aromatic heterocycles. The Bertz CT molecular complexity index is 379. The van der Waals surface area contributed by atoms with Crippen molar-refractivity contribution in [3.63, 3.8) is 0 Å². The Morgan fingerprint density at radius 3 is 2.45 bits per heavy atom. The Labute approximate surface area is 115 Å². The quantitative estimate of drug-likeness (QED) is 0.509. The average Bonchev–Trinajstić information content (AvgIpc) is 2.65. The molecular weight excluding hydrogens is 272 g/mol. The Hall–Kier alpha value is -1.80. The molecule has 0 radical (unpaired) electrons. The molecular formula is C12H18O8. The molecule has 0 aliphatic carbocycles. The molecule has 2 heterocycles. The highest BCUT2D eigenvalue weighted by atomic mass is 16.6. The largest absolute Gasteiger partial charge is 0.505 e. The second kappa shape index (κ2) is 7.71. The monoisotopic (exact) mass is 290 g/mol. The first-order valence-electron chi connectivity index (χ1n) is 6.25. The van der Waals surface area contributed by atoms with E-state index in [-0.39, 0.29) is 5.97 Å². The molecule has 0 unspecified atom stereocenters. The average molecular weight is 290 g/mol. The normalized spacial score (nSPS) is 24.2. The van der Waals surface area contributed by atoms with Gasteiger partial charge in [-0.15, -0.1) is 0 Å². The van der Waals surface area contributed by atoms with Crippen molar-refractivity contribution in [3.05, 3.63) is 11.5 Å². The molecule has 0 amide bonds. The van der Waals surface area contributed by atoms with E-state index in [0.29, 0.717) is 13.0 Å². The highest BCUT2D eigenvalue weighted by Gasteiger charge is 2.38. The Morgan fingerprint density at radius 1 is 1.20 bits per heavy atom. The molecule has 2 rings (SSSR count). The number of carbonyl (C=O) groups is 2. The highest BCUT2D eigenvalue weighted by Crippen LogP contribution is 2.20. The Kier molecular flexibility index (Phi) is 6.26. The van der Waals surface area contributed by atoms with Crippen LogP contribution in [-0.4, -0.2) is 57.8 Å². The maximum atomic E-state index is 10.5. The number of cyclic esters (lactones) is 2. The SMILES string of the molecule is O=C1CCCCCO1.O=C1O[C@H]([C@@H](O)CO)C(O)=C1O. The van der Waals surface area contributed by atoms with E-state index in [4.69, 9.17) is 25.2 Å². The van der Waals surface area contributed by atoms with Gasteiger partial charge in [0.2, 0.25) is 5.76 Å². The summed E-state index contributed by atoms with van der Waals surface area (Å²) in [5.41, 5.74) is 0. The lowest BCUT2D eigenvalue weighted by molar-refractivity contribution is -0.147. The van der Waals surface area contributed by atoms with Gasteiger partial charge in [0.1, 0.15) is 6.10 Å². The molecule has 0 saturated carbocycles. The fraction of sp³-hybridized carbons (Fsp3) is 0.667. The predicted octanol–water partition coefficient (Wildman–Crippen LogP) is -0.304. The summed E-state index contributed by atoms with van der Waals surface area (Å²) in [7, 11) is 0. The Morgan fingerprint density at radius 2 is 1.90 bits per heavy atom. The van der Waals surface area contributed by atoms with Gasteiger partial charge in [0.05, 0.1) is 13.2 Å². The number of aliphatic hydroxyl groups excluding tert-OH is 4. The van der Waals surface area contributed by atoms with Crippen LogP contribution in [0.25, 0.3) is 0 Å². The third kappa shape index (κ3) is 4.39. The summed E-state index contributed by atoms with van der Waals surface area (Å²) >= 11 is 0. The van der Waals surface area contributed by atoms with Crippen LogP contribution in [0.4, 0.5) is 0 Å². The van der Waals surface area contributed by atoms with Crippen LogP contribution in [0.3, 0.4) is 0 Å². The number of hydrogen-bond acceptors (Lipinski definition) is 8. The standard InChI is InChI=1S/C6H8O6.C6H10O2/c7-1-2(8)5-3(9)4(10)6(11)12-5;7-6-4-2-1-3-5-8-6/h2,5,7-10H,1H2;1-5H2/t2-,5+;/m0./s1. The van der Waals surface area contributed by atoms with Crippen molar-refractivity contribution in [2.24, 2.45) is 0 Å². The van der Waals surface area contributed by atoms with Crippen LogP contribution in [0.1, 0.15) is 25.7 Å². The molecule has 0 spiro atoms. The first kappa shape index (κ1) is 16.3. The lowest BCUT2D eigenvalue weighted by atomic mass is 10.2. The van der Waals surface area contributed by atoms with Gasteiger partial charge >= 0.3 is 11.9 Å². The van der Waals surface area contributed by atoms with Crippen molar-refractivity contribution in [3.8, 4) is 0 Å². The summed E-state index contributed by atoms with van der Waals surface area (Å²) < 4.78 is 9.08. The smallest absolute Gasteiger partial charge is 0.377 e. The minimum Gasteiger partial charge on any atom is -0.505 e. The van der Waals surface area contributed by atoms with Crippen molar-refractivity contribution >= 4 is 11.9 Å². The summed E-state index contributed by atoms with van der Waals surface area (Å²) in [4.78, 5) is 21.0.